The van der Waals surface area contributed by atoms with Crippen LogP contribution in [0.15, 0.2) is 48.5 Å². The molecule has 0 bridgehead atoms. The summed E-state index contributed by atoms with van der Waals surface area (Å²) in [5, 5.41) is 12.9. The number of ether oxygens (including phenoxy) is 1. The normalized spacial score (nSPS) is 17.3. The van der Waals surface area contributed by atoms with E-state index in [1.54, 1.807) is 6.07 Å². The molecule has 134 valence electrons. The van der Waals surface area contributed by atoms with Crippen molar-refractivity contribution in [3.05, 3.63) is 69.7 Å². The Balaban J connectivity index is 1.83. The van der Waals surface area contributed by atoms with Crippen molar-refractivity contribution in [2.75, 3.05) is 5.32 Å². The molecule has 1 atom stereocenters. The summed E-state index contributed by atoms with van der Waals surface area (Å²) in [5.41, 5.74) is 2.34. The summed E-state index contributed by atoms with van der Waals surface area (Å²) in [7, 11) is 0. The van der Waals surface area contributed by atoms with Crippen LogP contribution < -0.4 is 5.32 Å². The number of aliphatic carboxylic acids is 1. The van der Waals surface area contributed by atoms with Gasteiger partial charge in [0.25, 0.3) is 0 Å². The number of halogens is 2. The van der Waals surface area contributed by atoms with Gasteiger partial charge in [0.2, 0.25) is 0 Å². The number of rotatable bonds is 4. The van der Waals surface area contributed by atoms with Crippen LogP contribution in [0, 0.1) is 0 Å². The molecular formula is C19H15Cl2NO4. The summed E-state index contributed by atoms with van der Waals surface area (Å²) in [4.78, 5) is 23.6. The molecule has 0 amide bonds. The summed E-state index contributed by atoms with van der Waals surface area (Å²) >= 11 is 12.2. The Hall–Kier alpha value is -2.50. The van der Waals surface area contributed by atoms with Crippen LogP contribution in [-0.4, -0.2) is 23.1 Å². The second kappa shape index (κ2) is 7.81. The maximum atomic E-state index is 12.5. The second-order valence-electron chi connectivity index (χ2n) is 5.81. The van der Waals surface area contributed by atoms with Gasteiger partial charge in [-0.25, -0.2) is 9.59 Å². The number of carbonyl (C=O) groups excluding carboxylic acids is 1. The number of carboxylic acid groups (broad SMARTS) is 1. The van der Waals surface area contributed by atoms with Gasteiger partial charge in [-0.1, -0.05) is 53.5 Å². The van der Waals surface area contributed by atoms with E-state index in [0.717, 1.165) is 11.6 Å². The average molecular weight is 392 g/mol. The summed E-state index contributed by atoms with van der Waals surface area (Å²) < 4.78 is 5.35. The number of carboxylic acids is 1. The van der Waals surface area contributed by atoms with Crippen LogP contribution in [0.5, 0.6) is 0 Å². The minimum atomic E-state index is -1.12. The lowest BCUT2D eigenvalue weighted by atomic mass is 9.92. The Labute approximate surface area is 160 Å². The molecular weight excluding hydrogens is 377 g/mol. The molecule has 0 saturated heterocycles. The molecule has 0 aromatic heterocycles. The highest BCUT2D eigenvalue weighted by molar-refractivity contribution is 6.36. The van der Waals surface area contributed by atoms with Crippen molar-refractivity contribution in [2.24, 2.45) is 0 Å². The Morgan fingerprint density at radius 2 is 1.96 bits per heavy atom. The van der Waals surface area contributed by atoms with E-state index in [2.05, 4.69) is 5.32 Å². The molecule has 0 saturated carbocycles. The largest absolute Gasteiger partial charge is 0.478 e. The number of nitrogens with one attached hydrogen (secondary N) is 1. The molecule has 0 aliphatic carbocycles. The molecule has 2 aromatic rings. The third-order valence-electron chi connectivity index (χ3n) is 3.94. The number of fused-ring (bicyclic) bond motifs is 1. The Kier molecular flexibility index (Phi) is 5.49. The lowest BCUT2D eigenvalue weighted by Crippen LogP contribution is -2.34. The lowest BCUT2D eigenvalue weighted by molar-refractivity contribution is -0.145. The Morgan fingerprint density at radius 3 is 2.65 bits per heavy atom. The van der Waals surface area contributed by atoms with E-state index >= 15 is 0 Å². The quantitative estimate of drug-likeness (QED) is 0.596. The topological polar surface area (TPSA) is 75.6 Å². The number of hydrogen-bond donors (Lipinski definition) is 2. The fourth-order valence-corrected chi connectivity index (χ4v) is 3.44. The number of esters is 1. The molecule has 0 spiro atoms. The fraction of sp³-hybridized carbons (Fsp3) is 0.158. The third-order valence-corrected chi connectivity index (χ3v) is 4.45. The van der Waals surface area contributed by atoms with Gasteiger partial charge in [-0.05, 0) is 23.3 Å². The summed E-state index contributed by atoms with van der Waals surface area (Å²) in [6, 6.07) is 11.7. The average Bonchev–Trinajstić information content (AvgIpc) is 2.59. The van der Waals surface area contributed by atoms with Crippen LogP contribution in [0.3, 0.4) is 0 Å². The molecule has 1 aliphatic rings. The standard InChI is InChI=1S/C19H15Cl2NO4/c20-13-8-14(21)18-12(7-17(23)24)6-16(22-15(18)9-13)19(25)26-10-11-4-2-1-3-5-11/h1-5,7-9,16,22H,6,10H2,(H,23,24)/b12-7+. The van der Waals surface area contributed by atoms with Crippen LogP contribution >= 0.6 is 23.2 Å². The van der Waals surface area contributed by atoms with Crippen molar-refractivity contribution in [2.45, 2.75) is 19.1 Å². The van der Waals surface area contributed by atoms with Gasteiger partial charge in [-0.15, -0.1) is 0 Å². The first-order chi connectivity index (χ1) is 12.4. The van der Waals surface area contributed by atoms with Crippen LogP contribution in [0.1, 0.15) is 17.5 Å². The van der Waals surface area contributed by atoms with E-state index in [-0.39, 0.29) is 13.0 Å². The van der Waals surface area contributed by atoms with Gasteiger partial charge in [-0.3, -0.25) is 0 Å². The Bertz CT molecular complexity index is 881. The predicted molar refractivity (Wildman–Crippen MR) is 100 cm³/mol. The number of anilines is 1. The highest BCUT2D eigenvalue weighted by Gasteiger charge is 2.30. The van der Waals surface area contributed by atoms with E-state index in [0.29, 0.717) is 26.9 Å². The molecule has 1 heterocycles. The minimum Gasteiger partial charge on any atom is -0.478 e. The van der Waals surface area contributed by atoms with Gasteiger partial charge in [0, 0.05) is 28.8 Å². The molecule has 7 heteroatoms. The van der Waals surface area contributed by atoms with Crippen LogP contribution in [0.25, 0.3) is 5.57 Å². The molecule has 2 aromatic carbocycles. The summed E-state index contributed by atoms with van der Waals surface area (Å²) in [6.07, 6.45) is 1.20. The van der Waals surface area contributed by atoms with Gasteiger partial charge >= 0.3 is 11.9 Å². The monoisotopic (exact) mass is 391 g/mol. The van der Waals surface area contributed by atoms with Crippen molar-refractivity contribution < 1.29 is 19.4 Å². The first-order valence-corrected chi connectivity index (χ1v) is 8.59. The zero-order chi connectivity index (χ0) is 18.7. The smallest absolute Gasteiger partial charge is 0.329 e. The highest BCUT2D eigenvalue weighted by atomic mass is 35.5. The molecule has 3 rings (SSSR count). The SMILES string of the molecule is O=C(O)/C=C1\CC(C(=O)OCc2ccccc2)Nc2cc(Cl)cc(Cl)c21. The third kappa shape index (κ3) is 4.18. The molecule has 5 nitrogen and oxygen atoms in total. The van der Waals surface area contributed by atoms with Crippen LogP contribution in [-0.2, 0) is 20.9 Å². The summed E-state index contributed by atoms with van der Waals surface area (Å²) in [5.74, 6) is -1.60. The first kappa shape index (κ1) is 18.3. The first-order valence-electron chi connectivity index (χ1n) is 7.84. The van der Waals surface area contributed by atoms with Crippen LogP contribution in [0.4, 0.5) is 5.69 Å². The van der Waals surface area contributed by atoms with Gasteiger partial charge in [0.05, 0.1) is 5.02 Å². The fourth-order valence-electron chi connectivity index (χ4n) is 2.83. The molecule has 1 unspecified atom stereocenters. The number of carbonyl (C=O) groups is 2. The van der Waals surface area contributed by atoms with Gasteiger partial charge in [-0.2, -0.15) is 0 Å². The van der Waals surface area contributed by atoms with Crippen LogP contribution in [0.2, 0.25) is 10.0 Å². The second-order valence-corrected chi connectivity index (χ2v) is 6.66. The maximum Gasteiger partial charge on any atom is 0.329 e. The lowest BCUT2D eigenvalue weighted by Gasteiger charge is -2.28. The van der Waals surface area contributed by atoms with Gasteiger partial charge < -0.3 is 15.2 Å². The van der Waals surface area contributed by atoms with E-state index in [4.69, 9.17) is 33.0 Å². The highest BCUT2D eigenvalue weighted by Crippen LogP contribution is 2.40. The van der Waals surface area contributed by atoms with Gasteiger partial charge in [0.1, 0.15) is 12.6 Å². The van der Waals surface area contributed by atoms with Crippen molar-refractivity contribution in [3.63, 3.8) is 0 Å². The van der Waals surface area contributed by atoms with Crippen molar-refractivity contribution in [1.82, 2.24) is 0 Å². The molecule has 1 aliphatic heterocycles. The minimum absolute atomic E-state index is 0.138. The van der Waals surface area contributed by atoms with E-state index in [1.165, 1.54) is 6.07 Å². The summed E-state index contributed by atoms with van der Waals surface area (Å²) in [6.45, 7) is 0.138. The van der Waals surface area contributed by atoms with Gasteiger partial charge in [0.15, 0.2) is 0 Å². The molecule has 2 N–H and O–H groups in total. The predicted octanol–water partition coefficient (Wildman–Crippen LogP) is 4.39. The maximum absolute atomic E-state index is 12.5. The number of benzene rings is 2. The molecule has 26 heavy (non-hydrogen) atoms. The zero-order valence-electron chi connectivity index (χ0n) is 13.5. The molecule has 0 radical (unpaired) electrons. The van der Waals surface area contributed by atoms with E-state index in [9.17, 15) is 9.59 Å². The number of hydrogen-bond acceptors (Lipinski definition) is 4. The van der Waals surface area contributed by atoms with E-state index < -0.39 is 18.0 Å². The van der Waals surface area contributed by atoms with Crippen molar-refractivity contribution in [1.29, 1.82) is 0 Å². The van der Waals surface area contributed by atoms with Crippen molar-refractivity contribution >= 4 is 46.4 Å². The molecule has 0 fully saturated rings. The van der Waals surface area contributed by atoms with E-state index in [1.807, 2.05) is 30.3 Å². The van der Waals surface area contributed by atoms with Crippen molar-refractivity contribution in [3.8, 4) is 0 Å². The Morgan fingerprint density at radius 1 is 1.23 bits per heavy atom. The zero-order valence-corrected chi connectivity index (χ0v) is 15.1.